The number of aromatic hydroxyl groups is 2. The molecule has 2 N–H and O–H groups in total. The first-order valence-electron chi connectivity index (χ1n) is 10.6. The van der Waals surface area contributed by atoms with Gasteiger partial charge in [0.25, 0.3) is 0 Å². The van der Waals surface area contributed by atoms with Crippen LogP contribution in [0, 0.1) is 0 Å². The minimum absolute atomic E-state index is 0.226. The number of phenols is 2. The number of rotatable bonds is 6. The predicted molar refractivity (Wildman–Crippen MR) is 135 cm³/mol. The van der Waals surface area contributed by atoms with Crippen molar-refractivity contribution in [1.29, 1.82) is 0 Å². The molecule has 0 radical (unpaired) electrons. The van der Waals surface area contributed by atoms with Gasteiger partial charge in [0.05, 0.1) is 0 Å². The van der Waals surface area contributed by atoms with E-state index in [1.54, 1.807) is 36.4 Å². The molecule has 0 fully saturated rings. The van der Waals surface area contributed by atoms with Gasteiger partial charge < -0.3 is 10.2 Å². The summed E-state index contributed by atoms with van der Waals surface area (Å²) in [6.07, 6.45) is 5.71. The van der Waals surface area contributed by atoms with E-state index >= 15 is 0 Å². The van der Waals surface area contributed by atoms with Crippen molar-refractivity contribution in [2.75, 3.05) is 0 Å². The molecular weight excluding hydrogens is 392 g/mol. The average molecular weight is 421 g/mol. The van der Waals surface area contributed by atoms with Crippen LogP contribution < -0.4 is 0 Å². The summed E-state index contributed by atoms with van der Waals surface area (Å²) in [5, 5.41) is 18.7. The Kier molecular flexibility index (Phi) is 8.05. The highest BCUT2D eigenvalue weighted by atomic mass is 16.3. The van der Waals surface area contributed by atoms with E-state index in [1.165, 1.54) is 22.3 Å². The van der Waals surface area contributed by atoms with Gasteiger partial charge in [0.1, 0.15) is 11.5 Å². The van der Waals surface area contributed by atoms with E-state index in [0.717, 1.165) is 24.0 Å². The van der Waals surface area contributed by atoms with Crippen LogP contribution in [0.5, 0.6) is 11.5 Å². The summed E-state index contributed by atoms with van der Waals surface area (Å²) in [5.41, 5.74) is 6.79. The van der Waals surface area contributed by atoms with Crippen molar-refractivity contribution in [1.82, 2.24) is 0 Å². The van der Waals surface area contributed by atoms with Gasteiger partial charge >= 0.3 is 0 Å². The van der Waals surface area contributed by atoms with Crippen LogP contribution in [0.25, 0.3) is 22.3 Å². The minimum Gasteiger partial charge on any atom is -0.508 e. The molecule has 0 aliphatic carbocycles. The number of allylic oxidation sites excluding steroid dienone is 2. The summed E-state index contributed by atoms with van der Waals surface area (Å²) >= 11 is 0. The molecule has 32 heavy (non-hydrogen) atoms. The SMILES string of the molecule is C=CCc1cccc(-c2cccc(CC=C)c2)c1.Oc1ccc(-c2ccccc2O)cc1. The standard InChI is InChI=1S/C18H18.C12H10O2/c1-3-7-15-9-5-11-17(13-15)18-12-6-10-16(14-18)8-4-2;13-10-7-5-9(6-8-10)11-3-1-2-4-12(11)14/h3-6,9-14H,1-2,7-8H2;1-8,13-14H. The van der Waals surface area contributed by atoms with Gasteiger partial charge in [-0.25, -0.2) is 0 Å². The van der Waals surface area contributed by atoms with E-state index in [0.29, 0.717) is 0 Å². The van der Waals surface area contributed by atoms with E-state index in [2.05, 4.69) is 61.7 Å². The van der Waals surface area contributed by atoms with E-state index < -0.39 is 0 Å². The zero-order valence-electron chi connectivity index (χ0n) is 18.1. The second-order valence-corrected chi connectivity index (χ2v) is 7.45. The normalized spacial score (nSPS) is 10.0. The zero-order valence-corrected chi connectivity index (χ0v) is 18.1. The summed E-state index contributed by atoms with van der Waals surface area (Å²) in [6, 6.07) is 31.1. The second kappa shape index (κ2) is 11.4. The topological polar surface area (TPSA) is 40.5 Å². The van der Waals surface area contributed by atoms with Gasteiger partial charge in [-0.2, -0.15) is 0 Å². The van der Waals surface area contributed by atoms with Crippen LogP contribution in [0.3, 0.4) is 0 Å². The lowest BCUT2D eigenvalue weighted by Gasteiger charge is -2.06. The maximum Gasteiger partial charge on any atom is 0.123 e. The Morgan fingerprint density at radius 3 is 1.59 bits per heavy atom. The Hall–Kier alpha value is -4.04. The molecule has 160 valence electrons. The number of hydrogen-bond donors (Lipinski definition) is 2. The van der Waals surface area contributed by atoms with Crippen molar-refractivity contribution in [2.24, 2.45) is 0 Å². The van der Waals surface area contributed by atoms with Crippen LogP contribution in [0.4, 0.5) is 0 Å². The molecule has 0 unspecified atom stereocenters. The Morgan fingerprint density at radius 1 is 0.562 bits per heavy atom. The van der Waals surface area contributed by atoms with Crippen LogP contribution in [-0.2, 0) is 12.8 Å². The summed E-state index contributed by atoms with van der Waals surface area (Å²) in [5.74, 6) is 0.474. The van der Waals surface area contributed by atoms with Crippen molar-refractivity contribution in [3.63, 3.8) is 0 Å². The van der Waals surface area contributed by atoms with Crippen LogP contribution in [0.2, 0.25) is 0 Å². The van der Waals surface area contributed by atoms with E-state index in [1.807, 2.05) is 24.3 Å². The molecule has 0 atom stereocenters. The number of hydrogen-bond acceptors (Lipinski definition) is 2. The lowest BCUT2D eigenvalue weighted by atomic mass is 9.99. The molecule has 0 saturated carbocycles. The monoisotopic (exact) mass is 420 g/mol. The molecule has 0 aromatic heterocycles. The molecule has 2 nitrogen and oxygen atoms in total. The Morgan fingerprint density at radius 2 is 1.09 bits per heavy atom. The molecule has 4 rings (SSSR count). The lowest BCUT2D eigenvalue weighted by Crippen LogP contribution is -1.85. The average Bonchev–Trinajstić information content (AvgIpc) is 2.81. The zero-order chi connectivity index (χ0) is 22.8. The smallest absolute Gasteiger partial charge is 0.123 e. The van der Waals surface area contributed by atoms with Gasteiger partial charge in [0.2, 0.25) is 0 Å². The predicted octanol–water partition coefficient (Wildman–Crippen LogP) is 7.58. The quantitative estimate of drug-likeness (QED) is 0.316. The van der Waals surface area contributed by atoms with Crippen LogP contribution in [0.1, 0.15) is 11.1 Å². The summed E-state index contributed by atoms with van der Waals surface area (Å²) in [4.78, 5) is 0. The molecule has 0 aliphatic rings. The molecule has 0 amide bonds. The van der Waals surface area contributed by atoms with Gasteiger partial charge in [-0.3, -0.25) is 0 Å². The summed E-state index contributed by atoms with van der Waals surface area (Å²) < 4.78 is 0. The van der Waals surface area contributed by atoms with Crippen molar-refractivity contribution in [3.8, 4) is 33.8 Å². The Balaban J connectivity index is 0.000000186. The van der Waals surface area contributed by atoms with Crippen molar-refractivity contribution in [3.05, 3.63) is 133 Å². The number of benzene rings is 4. The highest BCUT2D eigenvalue weighted by molar-refractivity contribution is 5.70. The molecule has 0 bridgehead atoms. The molecule has 0 spiro atoms. The molecule has 4 aromatic carbocycles. The molecule has 0 saturated heterocycles. The fraction of sp³-hybridized carbons (Fsp3) is 0.0667. The molecule has 2 heteroatoms. The van der Waals surface area contributed by atoms with Gasteiger partial charge in [-0.15, -0.1) is 13.2 Å². The maximum atomic E-state index is 9.57. The molecule has 0 heterocycles. The fourth-order valence-corrected chi connectivity index (χ4v) is 3.45. The number of para-hydroxylation sites is 1. The molecular formula is C30H28O2. The highest BCUT2D eigenvalue weighted by Crippen LogP contribution is 2.29. The van der Waals surface area contributed by atoms with Crippen molar-refractivity contribution >= 4 is 0 Å². The van der Waals surface area contributed by atoms with Crippen molar-refractivity contribution < 1.29 is 10.2 Å². The molecule has 0 aliphatic heterocycles. The van der Waals surface area contributed by atoms with E-state index in [9.17, 15) is 5.11 Å². The van der Waals surface area contributed by atoms with E-state index in [-0.39, 0.29) is 11.5 Å². The summed E-state index contributed by atoms with van der Waals surface area (Å²) in [6.45, 7) is 7.57. The highest BCUT2D eigenvalue weighted by Gasteiger charge is 2.02. The van der Waals surface area contributed by atoms with Gasteiger partial charge in [0.15, 0.2) is 0 Å². The van der Waals surface area contributed by atoms with Gasteiger partial charge in [-0.1, -0.05) is 91.0 Å². The summed E-state index contributed by atoms with van der Waals surface area (Å²) in [7, 11) is 0. The third kappa shape index (κ3) is 6.23. The van der Waals surface area contributed by atoms with Gasteiger partial charge in [0, 0.05) is 5.56 Å². The first kappa shape index (κ1) is 22.6. The largest absolute Gasteiger partial charge is 0.508 e. The molecule has 4 aromatic rings. The van der Waals surface area contributed by atoms with Crippen molar-refractivity contribution in [2.45, 2.75) is 12.8 Å². The fourth-order valence-electron chi connectivity index (χ4n) is 3.45. The Bertz CT molecular complexity index is 1120. The van der Waals surface area contributed by atoms with Crippen LogP contribution >= 0.6 is 0 Å². The Labute approximate surface area is 190 Å². The third-order valence-electron chi connectivity index (χ3n) is 5.03. The van der Waals surface area contributed by atoms with Gasteiger partial charge in [-0.05, 0) is 58.9 Å². The first-order valence-corrected chi connectivity index (χ1v) is 10.6. The van der Waals surface area contributed by atoms with Crippen LogP contribution in [-0.4, -0.2) is 10.2 Å². The second-order valence-electron chi connectivity index (χ2n) is 7.45. The lowest BCUT2D eigenvalue weighted by molar-refractivity contribution is 0.474. The number of phenolic OH excluding ortho intramolecular Hbond substituents is 2. The maximum absolute atomic E-state index is 9.57. The minimum atomic E-state index is 0.226. The van der Waals surface area contributed by atoms with E-state index in [4.69, 9.17) is 5.11 Å². The first-order chi connectivity index (χ1) is 15.6. The van der Waals surface area contributed by atoms with Crippen LogP contribution in [0.15, 0.2) is 122 Å². The third-order valence-corrected chi connectivity index (χ3v) is 5.03.